The minimum Gasteiger partial charge on any atom is -0.115 e. The van der Waals surface area contributed by atoms with Crippen molar-refractivity contribution in [2.24, 2.45) is 23.7 Å². The van der Waals surface area contributed by atoms with Crippen molar-refractivity contribution in [3.05, 3.63) is 160 Å². The van der Waals surface area contributed by atoms with Crippen LogP contribution in [0.3, 0.4) is 0 Å². The lowest BCUT2D eigenvalue weighted by atomic mass is 9.69. The Morgan fingerprint density at radius 3 is 2.25 bits per heavy atom. The van der Waals surface area contributed by atoms with Gasteiger partial charge in [0.1, 0.15) is 0 Å². The lowest BCUT2D eigenvalue weighted by Gasteiger charge is -2.36. The highest BCUT2D eigenvalue weighted by atomic mass is 14.3. The van der Waals surface area contributed by atoms with E-state index in [1.165, 1.54) is 80.6 Å². The minimum absolute atomic E-state index is 0.397. The second-order valence-corrected chi connectivity index (χ2v) is 14.6. The van der Waals surface area contributed by atoms with Crippen molar-refractivity contribution in [2.75, 3.05) is 0 Å². The maximum Gasteiger partial charge on any atom is 0.0321 e. The molecule has 0 spiro atoms. The number of benzene rings is 4. The molecule has 0 saturated heterocycles. The fourth-order valence-electron chi connectivity index (χ4n) is 8.47. The first-order valence-electron chi connectivity index (χ1n) is 18.1. The number of rotatable bonds is 10. The second kappa shape index (κ2) is 14.3. The molecule has 7 rings (SSSR count). The van der Waals surface area contributed by atoms with Crippen LogP contribution in [-0.4, -0.2) is 0 Å². The van der Waals surface area contributed by atoms with E-state index in [2.05, 4.69) is 141 Å². The summed E-state index contributed by atoms with van der Waals surface area (Å²) in [4.78, 5) is 0. The summed E-state index contributed by atoms with van der Waals surface area (Å²) >= 11 is 0. The summed E-state index contributed by atoms with van der Waals surface area (Å²) in [5.74, 6) is 5.67. The van der Waals surface area contributed by atoms with Gasteiger partial charge in [0.25, 0.3) is 0 Å². The van der Waals surface area contributed by atoms with E-state index < -0.39 is 0 Å². The van der Waals surface area contributed by atoms with Crippen LogP contribution in [0.15, 0.2) is 121 Å². The lowest BCUT2D eigenvalue weighted by molar-refractivity contribution is 0.252. The molecule has 240 valence electrons. The SMILES string of the molecule is C#Cc1ccc(CC2CCC(C(C(=C)CCc3ccccc3)c3ccc(C4=CC(C)C=C4)cc3)CC2)cc1-c1ccc2c(c1)=CC(C)C=2. The summed E-state index contributed by atoms with van der Waals surface area (Å²) < 4.78 is 0. The van der Waals surface area contributed by atoms with Crippen LogP contribution >= 0.6 is 0 Å². The Balaban J connectivity index is 1.06. The molecule has 0 amide bonds. The molecule has 0 bridgehead atoms. The van der Waals surface area contributed by atoms with E-state index >= 15 is 0 Å². The van der Waals surface area contributed by atoms with Gasteiger partial charge < -0.3 is 0 Å². The highest BCUT2D eigenvalue weighted by molar-refractivity contribution is 5.77. The van der Waals surface area contributed by atoms with Gasteiger partial charge in [0.05, 0.1) is 0 Å². The fraction of sp³-hybridized carbons (Fsp3) is 0.292. The Bertz CT molecular complexity index is 2000. The molecular formula is C48H48. The Hall–Kier alpha value is -4.60. The van der Waals surface area contributed by atoms with Crippen molar-refractivity contribution >= 4 is 17.7 Å². The van der Waals surface area contributed by atoms with Crippen molar-refractivity contribution in [2.45, 2.75) is 64.7 Å². The predicted molar refractivity (Wildman–Crippen MR) is 206 cm³/mol. The van der Waals surface area contributed by atoms with Crippen molar-refractivity contribution in [1.82, 2.24) is 0 Å². The molecule has 48 heavy (non-hydrogen) atoms. The zero-order valence-electron chi connectivity index (χ0n) is 28.7. The summed E-state index contributed by atoms with van der Waals surface area (Å²) in [6, 6.07) is 34.0. The number of hydrogen-bond acceptors (Lipinski definition) is 0. The summed E-state index contributed by atoms with van der Waals surface area (Å²) in [5.41, 5.74) is 11.7. The first-order valence-corrected chi connectivity index (χ1v) is 18.1. The van der Waals surface area contributed by atoms with Gasteiger partial charge in [0.2, 0.25) is 0 Å². The summed E-state index contributed by atoms with van der Waals surface area (Å²) in [6.45, 7) is 9.25. The van der Waals surface area contributed by atoms with E-state index in [0.717, 1.165) is 24.8 Å². The van der Waals surface area contributed by atoms with Crippen LogP contribution in [0.2, 0.25) is 0 Å². The van der Waals surface area contributed by atoms with Gasteiger partial charge in [-0.2, -0.15) is 0 Å². The average molecular weight is 625 g/mol. The number of hydrogen-bond donors (Lipinski definition) is 0. The third-order valence-corrected chi connectivity index (χ3v) is 11.1. The van der Waals surface area contributed by atoms with Gasteiger partial charge in [-0.15, -0.1) is 6.42 Å². The highest BCUT2D eigenvalue weighted by Crippen LogP contribution is 2.44. The van der Waals surface area contributed by atoms with Crippen molar-refractivity contribution in [3.63, 3.8) is 0 Å². The summed E-state index contributed by atoms with van der Waals surface area (Å²) in [5, 5.41) is 2.65. The van der Waals surface area contributed by atoms with Gasteiger partial charge >= 0.3 is 0 Å². The van der Waals surface area contributed by atoms with E-state index in [4.69, 9.17) is 13.0 Å². The number of terminal acetylenes is 1. The summed E-state index contributed by atoms with van der Waals surface area (Å²) in [6.07, 6.45) is 25.8. The fourth-order valence-corrected chi connectivity index (χ4v) is 8.47. The molecule has 0 heterocycles. The maximum absolute atomic E-state index is 6.00. The average Bonchev–Trinajstić information content (AvgIpc) is 3.73. The van der Waals surface area contributed by atoms with Crippen LogP contribution in [0.25, 0.3) is 28.9 Å². The van der Waals surface area contributed by atoms with Crippen LogP contribution in [0.4, 0.5) is 0 Å². The standard InChI is InChI=1S/C48H48/c1-5-39-18-16-38(31-47(39)45-26-25-44-28-34(3)29-46(44)32-45)30-37-14-19-41(20-15-37)48(35(4)12-13-36-9-7-6-8-10-36)42-23-21-40(22-24-42)43-17-11-33(2)27-43/h1,6-11,16-18,21-29,31-34,37,41,48H,4,12-15,19-20,30H2,2-3H3. The van der Waals surface area contributed by atoms with E-state index in [0.29, 0.717) is 29.6 Å². The third kappa shape index (κ3) is 7.12. The zero-order valence-corrected chi connectivity index (χ0v) is 28.7. The molecule has 0 heteroatoms. The van der Waals surface area contributed by atoms with Gasteiger partial charge in [-0.1, -0.05) is 135 Å². The molecule has 1 saturated carbocycles. The van der Waals surface area contributed by atoms with E-state index in [1.807, 2.05) is 0 Å². The van der Waals surface area contributed by atoms with Crippen molar-refractivity contribution in [3.8, 4) is 23.5 Å². The molecule has 4 aromatic rings. The van der Waals surface area contributed by atoms with Crippen LogP contribution in [0, 0.1) is 36.0 Å². The van der Waals surface area contributed by atoms with Crippen LogP contribution in [0.5, 0.6) is 0 Å². The second-order valence-electron chi connectivity index (χ2n) is 14.6. The lowest BCUT2D eigenvalue weighted by Crippen LogP contribution is -2.23. The molecule has 0 aromatic heterocycles. The smallest absolute Gasteiger partial charge is 0.0321 e. The zero-order chi connectivity index (χ0) is 33.0. The predicted octanol–water partition coefficient (Wildman–Crippen LogP) is 10.5. The van der Waals surface area contributed by atoms with Crippen molar-refractivity contribution < 1.29 is 0 Å². The molecule has 0 radical (unpaired) electrons. The first kappa shape index (κ1) is 32.0. The number of aryl methyl sites for hydroxylation is 1. The van der Waals surface area contributed by atoms with Gasteiger partial charge in [0.15, 0.2) is 0 Å². The Morgan fingerprint density at radius 2 is 1.52 bits per heavy atom. The molecule has 0 nitrogen and oxygen atoms in total. The normalized spacial score (nSPS) is 21.8. The van der Waals surface area contributed by atoms with Crippen LogP contribution < -0.4 is 10.4 Å². The van der Waals surface area contributed by atoms with Gasteiger partial charge in [-0.25, -0.2) is 0 Å². The molecule has 1 fully saturated rings. The van der Waals surface area contributed by atoms with Crippen LogP contribution in [-0.2, 0) is 12.8 Å². The van der Waals surface area contributed by atoms with Gasteiger partial charge in [0, 0.05) is 11.5 Å². The molecule has 3 aliphatic carbocycles. The maximum atomic E-state index is 6.00. The third-order valence-electron chi connectivity index (χ3n) is 11.1. The molecule has 0 aliphatic heterocycles. The summed E-state index contributed by atoms with van der Waals surface area (Å²) in [7, 11) is 0. The topological polar surface area (TPSA) is 0 Å². The molecule has 3 aliphatic rings. The number of fused-ring (bicyclic) bond motifs is 1. The van der Waals surface area contributed by atoms with Crippen molar-refractivity contribution in [1.29, 1.82) is 0 Å². The highest BCUT2D eigenvalue weighted by Gasteiger charge is 2.30. The van der Waals surface area contributed by atoms with Gasteiger partial charge in [-0.3, -0.25) is 0 Å². The Morgan fingerprint density at radius 1 is 0.771 bits per heavy atom. The molecule has 3 atom stereocenters. The quantitative estimate of drug-likeness (QED) is 0.122. The first-order chi connectivity index (χ1) is 23.4. The van der Waals surface area contributed by atoms with Crippen LogP contribution in [0.1, 0.15) is 79.7 Å². The largest absolute Gasteiger partial charge is 0.115 e. The molecule has 0 N–H and O–H groups in total. The number of allylic oxidation sites excluding steroid dienone is 5. The van der Waals surface area contributed by atoms with E-state index in [-0.39, 0.29) is 0 Å². The van der Waals surface area contributed by atoms with E-state index in [9.17, 15) is 0 Å². The molecule has 4 aromatic carbocycles. The van der Waals surface area contributed by atoms with E-state index in [1.54, 1.807) is 0 Å². The minimum atomic E-state index is 0.397. The Labute approximate surface area is 288 Å². The molecular weight excluding hydrogens is 577 g/mol. The monoisotopic (exact) mass is 624 g/mol. The Kier molecular flexibility index (Phi) is 9.50. The molecule has 3 unspecified atom stereocenters. The van der Waals surface area contributed by atoms with Gasteiger partial charge in [-0.05, 0) is 136 Å².